The van der Waals surface area contributed by atoms with Crippen LogP contribution in [0, 0.1) is 13.8 Å². The normalized spacial score (nSPS) is 17.3. The smallest absolute Gasteiger partial charge is 0.261 e. The highest BCUT2D eigenvalue weighted by atomic mass is 35.5. The molecule has 4 rings (SSSR count). The molecule has 8 heteroatoms. The third-order valence-electron chi connectivity index (χ3n) is 5.39. The highest BCUT2D eigenvalue weighted by Crippen LogP contribution is 2.34. The summed E-state index contributed by atoms with van der Waals surface area (Å²) >= 11 is 9.25. The number of aryl methyl sites for hydroxylation is 2. The van der Waals surface area contributed by atoms with Gasteiger partial charge in [-0.05, 0) is 56.7 Å². The number of halogens is 1. The zero-order chi connectivity index (χ0) is 22.7. The summed E-state index contributed by atoms with van der Waals surface area (Å²) in [5, 5.41) is 5.43. The molecule has 0 N–H and O–H groups in total. The van der Waals surface area contributed by atoms with Crippen LogP contribution in [0.1, 0.15) is 40.7 Å². The van der Waals surface area contributed by atoms with Crippen molar-refractivity contribution in [1.82, 2.24) is 10.1 Å². The number of aliphatic imine (C=N–C) groups is 1. The molecule has 1 unspecified atom stereocenters. The first-order valence-electron chi connectivity index (χ1n) is 10.4. The number of aromatic nitrogens is 1. The van der Waals surface area contributed by atoms with Crippen molar-refractivity contribution in [3.63, 3.8) is 0 Å². The van der Waals surface area contributed by atoms with Gasteiger partial charge in [-0.15, -0.1) is 11.8 Å². The van der Waals surface area contributed by atoms with E-state index in [0.717, 1.165) is 44.9 Å². The number of hydrogen-bond acceptors (Lipinski definition) is 6. The summed E-state index contributed by atoms with van der Waals surface area (Å²) in [6, 6.07) is 15.2. The zero-order valence-electron chi connectivity index (χ0n) is 18.2. The number of carbonyl (C=O) groups is 1. The van der Waals surface area contributed by atoms with E-state index in [0.29, 0.717) is 16.3 Å². The second kappa shape index (κ2) is 10.1. The van der Waals surface area contributed by atoms with Gasteiger partial charge in [-0.3, -0.25) is 9.69 Å². The third kappa shape index (κ3) is 4.90. The standard InChI is InChI=1S/C24H24ClN3O2S2/c1-4-19-13-32-24(26-18-11-9-17(25)10-12-18)28(19)23(29)20-7-5-6-8-22(20)31-14-21-15(2)27-30-16(21)3/h5-12,19H,4,13-14H2,1-3H3. The van der Waals surface area contributed by atoms with E-state index in [4.69, 9.17) is 21.1 Å². The van der Waals surface area contributed by atoms with Crippen LogP contribution in [0.3, 0.4) is 0 Å². The van der Waals surface area contributed by atoms with Gasteiger partial charge in [0.15, 0.2) is 5.17 Å². The Morgan fingerprint density at radius 1 is 1.25 bits per heavy atom. The Morgan fingerprint density at radius 2 is 2.00 bits per heavy atom. The van der Waals surface area contributed by atoms with Crippen LogP contribution in [0.5, 0.6) is 0 Å². The van der Waals surface area contributed by atoms with E-state index >= 15 is 0 Å². The number of rotatable bonds is 6. The molecule has 1 aliphatic rings. The molecule has 0 aliphatic carbocycles. The molecule has 1 fully saturated rings. The van der Waals surface area contributed by atoms with E-state index in [9.17, 15) is 4.79 Å². The highest BCUT2D eigenvalue weighted by molar-refractivity contribution is 8.14. The molecular weight excluding hydrogens is 462 g/mol. The fourth-order valence-electron chi connectivity index (χ4n) is 3.49. The minimum absolute atomic E-state index is 0.0172. The van der Waals surface area contributed by atoms with Gasteiger partial charge >= 0.3 is 0 Å². The molecule has 5 nitrogen and oxygen atoms in total. The Morgan fingerprint density at radius 3 is 2.69 bits per heavy atom. The van der Waals surface area contributed by atoms with Crippen LogP contribution >= 0.6 is 35.1 Å². The summed E-state index contributed by atoms with van der Waals surface area (Å²) in [7, 11) is 0. The van der Waals surface area contributed by atoms with Crippen LogP contribution in [0.4, 0.5) is 5.69 Å². The van der Waals surface area contributed by atoms with Crippen molar-refractivity contribution in [3.8, 4) is 0 Å². The molecule has 1 aliphatic heterocycles. The predicted molar refractivity (Wildman–Crippen MR) is 133 cm³/mol. The Hall–Kier alpha value is -2.22. The molecule has 1 saturated heterocycles. The maximum Gasteiger partial charge on any atom is 0.261 e. The number of amidine groups is 1. The van der Waals surface area contributed by atoms with Crippen LogP contribution in [-0.2, 0) is 5.75 Å². The van der Waals surface area contributed by atoms with Gasteiger partial charge in [0.05, 0.1) is 16.9 Å². The molecule has 3 aromatic rings. The lowest BCUT2D eigenvalue weighted by atomic mass is 10.1. The lowest BCUT2D eigenvalue weighted by Crippen LogP contribution is -2.39. The number of carbonyl (C=O) groups excluding carboxylic acids is 1. The average Bonchev–Trinajstić information content (AvgIpc) is 3.35. The molecule has 166 valence electrons. The first-order valence-corrected chi connectivity index (χ1v) is 12.8. The number of amides is 1. The summed E-state index contributed by atoms with van der Waals surface area (Å²) in [4.78, 5) is 21.3. The minimum atomic E-state index is -0.0172. The van der Waals surface area contributed by atoms with Crippen LogP contribution in [-0.4, -0.2) is 32.9 Å². The quantitative estimate of drug-likeness (QED) is 0.355. The lowest BCUT2D eigenvalue weighted by molar-refractivity contribution is 0.0816. The second-order valence-electron chi connectivity index (χ2n) is 7.51. The lowest BCUT2D eigenvalue weighted by Gasteiger charge is -2.24. The molecule has 2 heterocycles. The molecular formula is C24H24ClN3O2S2. The number of hydrogen-bond donors (Lipinski definition) is 0. The van der Waals surface area contributed by atoms with E-state index in [1.165, 1.54) is 0 Å². The van der Waals surface area contributed by atoms with Gasteiger partial charge in [0, 0.05) is 33.0 Å². The largest absolute Gasteiger partial charge is 0.361 e. The maximum absolute atomic E-state index is 13.8. The predicted octanol–water partition coefficient (Wildman–Crippen LogP) is 6.89. The van der Waals surface area contributed by atoms with Crippen molar-refractivity contribution in [2.24, 2.45) is 4.99 Å². The Kier molecular flexibility index (Phi) is 7.28. The van der Waals surface area contributed by atoms with Gasteiger partial charge in [-0.2, -0.15) is 0 Å². The monoisotopic (exact) mass is 485 g/mol. The van der Waals surface area contributed by atoms with Crippen molar-refractivity contribution in [2.45, 2.75) is 43.9 Å². The van der Waals surface area contributed by atoms with E-state index in [1.54, 1.807) is 23.5 Å². The van der Waals surface area contributed by atoms with Crippen LogP contribution in [0.2, 0.25) is 5.02 Å². The molecule has 1 atom stereocenters. The van der Waals surface area contributed by atoms with Gasteiger partial charge < -0.3 is 4.52 Å². The van der Waals surface area contributed by atoms with Gasteiger partial charge in [0.1, 0.15) is 5.76 Å². The zero-order valence-corrected chi connectivity index (χ0v) is 20.6. The molecule has 0 bridgehead atoms. The van der Waals surface area contributed by atoms with Crippen molar-refractivity contribution >= 4 is 51.9 Å². The highest BCUT2D eigenvalue weighted by Gasteiger charge is 2.35. The Bertz CT molecular complexity index is 1120. The second-order valence-corrected chi connectivity index (χ2v) is 9.95. The van der Waals surface area contributed by atoms with Gasteiger partial charge in [-0.1, -0.05) is 47.6 Å². The SMILES string of the molecule is CCC1CSC(=Nc2ccc(Cl)cc2)N1C(=O)c1ccccc1SCc1c(C)noc1C. The van der Waals surface area contributed by atoms with Crippen LogP contribution in [0.15, 0.2) is 62.9 Å². The van der Waals surface area contributed by atoms with Gasteiger partial charge in [-0.25, -0.2) is 4.99 Å². The summed E-state index contributed by atoms with van der Waals surface area (Å²) in [6.45, 7) is 5.96. The van der Waals surface area contributed by atoms with Gasteiger partial charge in [0.25, 0.3) is 5.91 Å². The van der Waals surface area contributed by atoms with Crippen LogP contribution < -0.4 is 0 Å². The molecule has 0 radical (unpaired) electrons. The van der Waals surface area contributed by atoms with Gasteiger partial charge in [0.2, 0.25) is 0 Å². The fraction of sp³-hybridized carbons (Fsp3) is 0.292. The number of nitrogens with zero attached hydrogens (tertiary/aromatic N) is 3. The molecule has 1 aromatic heterocycles. The maximum atomic E-state index is 13.8. The number of benzene rings is 2. The van der Waals surface area contributed by atoms with E-state index in [-0.39, 0.29) is 11.9 Å². The Labute approximate surface area is 201 Å². The summed E-state index contributed by atoms with van der Waals surface area (Å²) in [5.41, 5.74) is 3.44. The van der Waals surface area contributed by atoms with E-state index < -0.39 is 0 Å². The van der Waals surface area contributed by atoms with E-state index in [1.807, 2.05) is 67.3 Å². The van der Waals surface area contributed by atoms with Crippen molar-refractivity contribution in [1.29, 1.82) is 0 Å². The van der Waals surface area contributed by atoms with Crippen LogP contribution in [0.25, 0.3) is 0 Å². The molecule has 2 aromatic carbocycles. The van der Waals surface area contributed by atoms with Crippen molar-refractivity contribution in [3.05, 3.63) is 76.1 Å². The minimum Gasteiger partial charge on any atom is -0.361 e. The summed E-state index contributed by atoms with van der Waals surface area (Å²) in [5.74, 6) is 2.33. The Balaban J connectivity index is 1.62. The van der Waals surface area contributed by atoms with Crippen molar-refractivity contribution in [2.75, 3.05) is 5.75 Å². The van der Waals surface area contributed by atoms with Crippen molar-refractivity contribution < 1.29 is 9.32 Å². The van der Waals surface area contributed by atoms with E-state index in [2.05, 4.69) is 12.1 Å². The first kappa shape index (κ1) is 23.0. The summed E-state index contributed by atoms with van der Waals surface area (Å²) in [6.07, 6.45) is 0.868. The molecule has 0 spiro atoms. The third-order valence-corrected chi connectivity index (χ3v) is 7.84. The first-order chi connectivity index (χ1) is 15.5. The summed E-state index contributed by atoms with van der Waals surface area (Å²) < 4.78 is 5.28. The molecule has 1 amide bonds. The number of thioether (sulfide) groups is 2. The fourth-order valence-corrected chi connectivity index (χ4v) is 6.08. The molecule has 32 heavy (non-hydrogen) atoms. The molecule has 0 saturated carbocycles. The topological polar surface area (TPSA) is 58.7 Å². The average molecular weight is 486 g/mol.